The monoisotopic (exact) mass is 537 g/mol. The van der Waals surface area contributed by atoms with Gasteiger partial charge in [-0.3, -0.25) is 0 Å². The molecule has 210 valence electrons. The third-order valence-electron chi connectivity index (χ3n) is 7.33. The average Bonchev–Trinajstić information content (AvgIpc) is 3.28. The molecule has 3 aromatic rings. The highest BCUT2D eigenvalue weighted by Gasteiger charge is 2.25. The van der Waals surface area contributed by atoms with Crippen LogP contribution in [0, 0.1) is 26.7 Å². The summed E-state index contributed by atoms with van der Waals surface area (Å²) in [6, 6.07) is 7.63. The van der Waals surface area contributed by atoms with Crippen LogP contribution >= 0.6 is 0 Å². The van der Waals surface area contributed by atoms with Gasteiger partial charge < -0.3 is 29.3 Å². The average molecular weight is 538 g/mol. The van der Waals surface area contributed by atoms with E-state index in [2.05, 4.69) is 17.4 Å². The lowest BCUT2D eigenvalue weighted by molar-refractivity contribution is 0.105. The number of aryl methyl sites for hydroxylation is 3. The molecule has 0 radical (unpaired) electrons. The van der Waals surface area contributed by atoms with Crippen molar-refractivity contribution >= 4 is 6.09 Å². The summed E-state index contributed by atoms with van der Waals surface area (Å²) in [7, 11) is 3.22. The van der Waals surface area contributed by atoms with Gasteiger partial charge in [0.05, 0.1) is 24.1 Å². The van der Waals surface area contributed by atoms with Gasteiger partial charge in [-0.2, -0.15) is 0 Å². The van der Waals surface area contributed by atoms with Gasteiger partial charge in [0.15, 0.2) is 5.82 Å². The topological polar surface area (TPSA) is 123 Å². The molecule has 0 saturated carbocycles. The number of ether oxygens (including phenoxy) is 2. The Morgan fingerprint density at radius 2 is 2.00 bits per heavy atom. The highest BCUT2D eigenvalue weighted by molar-refractivity contribution is 5.71. The van der Waals surface area contributed by atoms with Crippen molar-refractivity contribution < 1.29 is 23.9 Å². The fourth-order valence-corrected chi connectivity index (χ4v) is 5.09. The van der Waals surface area contributed by atoms with E-state index in [1.807, 2.05) is 38.1 Å². The Labute approximate surface area is 229 Å². The number of amides is 1. The first-order chi connectivity index (χ1) is 18.8. The van der Waals surface area contributed by atoms with E-state index < -0.39 is 6.10 Å². The maximum Gasteiger partial charge on any atom is 0.409 e. The van der Waals surface area contributed by atoms with Crippen LogP contribution < -0.4 is 10.1 Å². The van der Waals surface area contributed by atoms with Crippen LogP contribution in [0.1, 0.15) is 42.0 Å². The van der Waals surface area contributed by atoms with Gasteiger partial charge in [-0.05, 0) is 77.1 Å². The van der Waals surface area contributed by atoms with Gasteiger partial charge in [0.25, 0.3) is 0 Å². The Kier molecular flexibility index (Phi) is 9.53. The molecule has 0 spiro atoms. The van der Waals surface area contributed by atoms with E-state index in [0.29, 0.717) is 37.1 Å². The van der Waals surface area contributed by atoms with Crippen LogP contribution in [0.4, 0.5) is 4.79 Å². The van der Waals surface area contributed by atoms with Crippen molar-refractivity contribution in [2.24, 2.45) is 5.92 Å². The Morgan fingerprint density at radius 1 is 1.23 bits per heavy atom. The molecule has 1 aliphatic rings. The molecule has 3 heterocycles. The highest BCUT2D eigenvalue weighted by atomic mass is 16.5. The van der Waals surface area contributed by atoms with Crippen molar-refractivity contribution in [1.82, 2.24) is 25.3 Å². The number of nitrogens with zero attached hydrogens (tertiary/aromatic N) is 4. The minimum atomic E-state index is -0.605. The number of rotatable bonds is 10. The van der Waals surface area contributed by atoms with Crippen molar-refractivity contribution in [2.75, 3.05) is 40.4 Å². The van der Waals surface area contributed by atoms with Gasteiger partial charge in [-0.25, -0.2) is 14.8 Å². The number of piperidine rings is 1. The molecule has 0 bridgehead atoms. The standard InChI is InChI=1S/C29H39N5O5/c1-18-25(10-9-21-11-13-34(14-12-21)29(36)37-5)31-28(32-27(18)26-19(2)33-39-20(26)3)22-7-6-8-24(15-22)38-17-23(35)16-30-4/h6-8,15,21,23,30,35H,9-14,16-17H2,1-5H3/t23-/m1/s1. The van der Waals surface area contributed by atoms with E-state index in [9.17, 15) is 9.90 Å². The summed E-state index contributed by atoms with van der Waals surface area (Å²) in [5.74, 6) is 2.47. The lowest BCUT2D eigenvalue weighted by Gasteiger charge is -2.31. The van der Waals surface area contributed by atoms with Crippen molar-refractivity contribution in [3.05, 3.63) is 47.0 Å². The summed E-state index contributed by atoms with van der Waals surface area (Å²) in [4.78, 5) is 23.6. The van der Waals surface area contributed by atoms with Crippen LogP contribution in [0.5, 0.6) is 5.75 Å². The number of hydrogen-bond acceptors (Lipinski definition) is 9. The zero-order chi connectivity index (χ0) is 27.9. The van der Waals surface area contributed by atoms with Crippen LogP contribution in [0.15, 0.2) is 28.8 Å². The molecule has 2 aromatic heterocycles. The predicted octanol–water partition coefficient (Wildman–Crippen LogP) is 4.09. The fourth-order valence-electron chi connectivity index (χ4n) is 5.09. The van der Waals surface area contributed by atoms with Gasteiger partial charge >= 0.3 is 6.09 Å². The number of aliphatic hydroxyl groups excluding tert-OH is 1. The molecule has 1 aliphatic heterocycles. The molecule has 2 N–H and O–H groups in total. The first-order valence-corrected chi connectivity index (χ1v) is 13.5. The van der Waals surface area contributed by atoms with Crippen LogP contribution in [-0.2, 0) is 11.2 Å². The SMILES string of the molecule is CNC[C@@H](O)COc1cccc(-c2nc(CCC3CCN(C(=O)OC)CC3)c(C)c(-c3c(C)noc3C)n2)c1. The first kappa shape index (κ1) is 28.5. The van der Waals surface area contributed by atoms with Crippen LogP contribution in [0.25, 0.3) is 22.6 Å². The second kappa shape index (κ2) is 13.0. The summed E-state index contributed by atoms with van der Waals surface area (Å²) < 4.78 is 16.2. The first-order valence-electron chi connectivity index (χ1n) is 13.5. The molecule has 10 heteroatoms. The number of likely N-dealkylation sites (N-methyl/N-ethyl adjacent to an activating group) is 1. The van der Waals surface area contributed by atoms with Gasteiger partial charge in [-0.15, -0.1) is 0 Å². The normalized spacial score (nSPS) is 14.9. The number of benzene rings is 1. The van der Waals surface area contributed by atoms with Crippen molar-refractivity contribution in [1.29, 1.82) is 0 Å². The maximum atomic E-state index is 11.9. The zero-order valence-electron chi connectivity index (χ0n) is 23.5. The minimum Gasteiger partial charge on any atom is -0.491 e. The highest BCUT2D eigenvalue weighted by Crippen LogP contribution is 2.33. The number of methoxy groups -OCH3 is 1. The van der Waals surface area contributed by atoms with E-state index in [-0.39, 0.29) is 12.7 Å². The molecule has 1 aromatic carbocycles. The molecule has 1 fully saturated rings. The Bertz CT molecular complexity index is 1250. The third kappa shape index (κ3) is 6.93. The molecular weight excluding hydrogens is 498 g/mol. The number of aliphatic hydroxyl groups is 1. The summed E-state index contributed by atoms with van der Waals surface area (Å²) in [5.41, 5.74) is 5.34. The minimum absolute atomic E-state index is 0.184. The Hall–Kier alpha value is -3.50. The summed E-state index contributed by atoms with van der Waals surface area (Å²) in [6.45, 7) is 7.94. The Balaban J connectivity index is 1.60. The summed E-state index contributed by atoms with van der Waals surface area (Å²) >= 11 is 0. The molecule has 1 saturated heterocycles. The molecule has 39 heavy (non-hydrogen) atoms. The molecule has 0 unspecified atom stereocenters. The van der Waals surface area contributed by atoms with Crippen LogP contribution in [0.3, 0.4) is 0 Å². The maximum absolute atomic E-state index is 11.9. The summed E-state index contributed by atoms with van der Waals surface area (Å²) in [5, 5.41) is 17.1. The number of likely N-dealkylation sites (tertiary alicyclic amines) is 1. The van der Waals surface area contributed by atoms with Crippen molar-refractivity contribution in [3.63, 3.8) is 0 Å². The quantitative estimate of drug-likeness (QED) is 0.394. The number of aromatic nitrogens is 3. The van der Waals surface area contributed by atoms with E-state index in [1.165, 1.54) is 7.11 Å². The molecule has 0 aliphatic carbocycles. The molecule has 4 rings (SSSR count). The second-order valence-electron chi connectivity index (χ2n) is 10.2. The number of carbonyl (C=O) groups excluding carboxylic acids is 1. The van der Waals surface area contributed by atoms with Crippen molar-refractivity contribution in [2.45, 2.75) is 52.6 Å². The van der Waals surface area contributed by atoms with Gasteiger partial charge in [0.1, 0.15) is 24.2 Å². The Morgan fingerprint density at radius 3 is 2.67 bits per heavy atom. The number of carbonyl (C=O) groups is 1. The lowest BCUT2D eigenvalue weighted by atomic mass is 9.90. The van der Waals surface area contributed by atoms with Gasteiger partial charge in [-0.1, -0.05) is 17.3 Å². The third-order valence-corrected chi connectivity index (χ3v) is 7.33. The van der Waals surface area contributed by atoms with E-state index >= 15 is 0 Å². The smallest absolute Gasteiger partial charge is 0.409 e. The number of hydrogen-bond donors (Lipinski definition) is 2. The number of nitrogens with one attached hydrogen (secondary N) is 1. The fraction of sp³-hybridized carbons (Fsp3) is 0.517. The van der Waals surface area contributed by atoms with Crippen molar-refractivity contribution in [3.8, 4) is 28.4 Å². The molecule has 1 atom stereocenters. The van der Waals surface area contributed by atoms with Crippen LogP contribution in [-0.4, -0.2) is 77.7 Å². The zero-order valence-corrected chi connectivity index (χ0v) is 23.5. The molecule has 1 amide bonds. The molecule has 10 nitrogen and oxygen atoms in total. The predicted molar refractivity (Wildman–Crippen MR) is 148 cm³/mol. The van der Waals surface area contributed by atoms with Gasteiger partial charge in [0, 0.05) is 30.9 Å². The lowest BCUT2D eigenvalue weighted by Crippen LogP contribution is -2.38. The molecular formula is C29H39N5O5. The second-order valence-corrected chi connectivity index (χ2v) is 10.2. The van der Waals surface area contributed by atoms with Gasteiger partial charge in [0.2, 0.25) is 0 Å². The largest absolute Gasteiger partial charge is 0.491 e. The summed E-state index contributed by atoms with van der Waals surface area (Å²) in [6.07, 6.45) is 2.80. The van der Waals surface area contributed by atoms with E-state index in [1.54, 1.807) is 11.9 Å². The van der Waals surface area contributed by atoms with E-state index in [0.717, 1.165) is 65.2 Å². The van der Waals surface area contributed by atoms with E-state index in [4.69, 9.17) is 24.0 Å². The van der Waals surface area contributed by atoms with Crippen LogP contribution in [0.2, 0.25) is 0 Å².